The van der Waals surface area contributed by atoms with Crippen molar-refractivity contribution < 1.29 is 38.1 Å². The second kappa shape index (κ2) is 15.7. The maximum Gasteiger partial charge on any atom is 0.410 e. The summed E-state index contributed by atoms with van der Waals surface area (Å²) in [6.07, 6.45) is -0.688. The fraction of sp³-hybridized carbons (Fsp3) is 0.500. The van der Waals surface area contributed by atoms with Crippen LogP contribution < -0.4 is 19.5 Å². The average molecular weight is 574 g/mol. The van der Waals surface area contributed by atoms with E-state index in [4.69, 9.17) is 23.7 Å². The van der Waals surface area contributed by atoms with Crippen molar-refractivity contribution in [3.63, 3.8) is 0 Å². The van der Waals surface area contributed by atoms with Gasteiger partial charge in [0.2, 0.25) is 5.91 Å². The predicted octanol–water partition coefficient (Wildman–Crippen LogP) is 3.63. The summed E-state index contributed by atoms with van der Waals surface area (Å²) in [4.78, 5) is 42.0. The van der Waals surface area contributed by atoms with Crippen LogP contribution in [0, 0.1) is 0 Å². The van der Waals surface area contributed by atoms with E-state index in [0.717, 1.165) is 5.56 Å². The number of nitrogens with one attached hydrogen (secondary N) is 1. The second-order valence-corrected chi connectivity index (χ2v) is 10.4. The molecule has 0 spiro atoms. The molecule has 0 aromatic heterocycles. The summed E-state index contributed by atoms with van der Waals surface area (Å²) in [6, 6.07) is 11.9. The van der Waals surface area contributed by atoms with Gasteiger partial charge in [-0.25, -0.2) is 4.79 Å². The number of carbonyl (C=O) groups is 3. The van der Waals surface area contributed by atoms with E-state index < -0.39 is 23.7 Å². The van der Waals surface area contributed by atoms with Crippen LogP contribution in [0.4, 0.5) is 4.79 Å². The van der Waals surface area contributed by atoms with Crippen LogP contribution in [0.5, 0.6) is 17.2 Å². The average Bonchev–Trinajstić information content (AvgIpc) is 2.95. The van der Waals surface area contributed by atoms with Gasteiger partial charge in [-0.3, -0.25) is 9.59 Å². The maximum absolute atomic E-state index is 13.8. The Hall–Kier alpha value is -3.99. The minimum absolute atomic E-state index is 0.109. The molecule has 0 unspecified atom stereocenters. The summed E-state index contributed by atoms with van der Waals surface area (Å²) in [7, 11) is 7.77. The summed E-state index contributed by atoms with van der Waals surface area (Å²) in [5.41, 5.74) is 0.839. The summed E-state index contributed by atoms with van der Waals surface area (Å²) >= 11 is 0. The van der Waals surface area contributed by atoms with Crippen LogP contribution in [-0.2, 0) is 32.2 Å². The first-order chi connectivity index (χ1) is 19.4. The van der Waals surface area contributed by atoms with E-state index in [-0.39, 0.29) is 38.6 Å². The van der Waals surface area contributed by atoms with Gasteiger partial charge in [-0.1, -0.05) is 30.3 Å². The first-order valence-electron chi connectivity index (χ1n) is 13.3. The van der Waals surface area contributed by atoms with Crippen molar-refractivity contribution >= 4 is 18.0 Å². The van der Waals surface area contributed by atoms with Crippen molar-refractivity contribution in [2.24, 2.45) is 0 Å². The van der Waals surface area contributed by atoms with Gasteiger partial charge in [-0.05, 0) is 39.4 Å². The van der Waals surface area contributed by atoms with Crippen LogP contribution in [0.1, 0.15) is 38.3 Å². The van der Waals surface area contributed by atoms with Crippen LogP contribution in [0.3, 0.4) is 0 Å². The number of amides is 2. The first-order valence-corrected chi connectivity index (χ1v) is 13.3. The van der Waals surface area contributed by atoms with Crippen molar-refractivity contribution in [1.82, 2.24) is 15.1 Å². The zero-order valence-electron chi connectivity index (χ0n) is 25.3. The number of esters is 1. The molecular formula is C30H43N3O8. The molecule has 0 aliphatic carbocycles. The normalized spacial score (nSPS) is 11.7. The lowest BCUT2D eigenvalue weighted by molar-refractivity contribution is -0.148. The third kappa shape index (κ3) is 10.5. The van der Waals surface area contributed by atoms with E-state index in [9.17, 15) is 14.4 Å². The number of methoxy groups -OCH3 is 3. The zero-order chi connectivity index (χ0) is 30.6. The van der Waals surface area contributed by atoms with E-state index in [1.807, 2.05) is 30.3 Å². The third-order valence-electron chi connectivity index (χ3n) is 6.13. The first kappa shape index (κ1) is 33.2. The monoisotopic (exact) mass is 573 g/mol. The molecule has 1 N–H and O–H groups in total. The van der Waals surface area contributed by atoms with E-state index in [1.54, 1.807) is 51.9 Å². The van der Waals surface area contributed by atoms with Gasteiger partial charge in [-0.15, -0.1) is 0 Å². The molecule has 0 heterocycles. The molecular weight excluding hydrogens is 530 g/mol. The Morgan fingerprint density at radius 2 is 1.51 bits per heavy atom. The van der Waals surface area contributed by atoms with Crippen LogP contribution in [0.2, 0.25) is 0 Å². The van der Waals surface area contributed by atoms with Crippen molar-refractivity contribution in [1.29, 1.82) is 0 Å². The Morgan fingerprint density at radius 3 is 2.07 bits per heavy atom. The van der Waals surface area contributed by atoms with Crippen molar-refractivity contribution in [2.45, 2.75) is 52.0 Å². The Bertz CT molecular complexity index is 1150. The molecule has 0 aliphatic rings. The number of hydrogen-bond donors (Lipinski definition) is 1. The molecule has 0 fully saturated rings. The molecule has 1 atom stereocenters. The smallest absolute Gasteiger partial charge is 0.410 e. The highest BCUT2D eigenvalue weighted by Crippen LogP contribution is 2.35. The molecule has 0 saturated carbocycles. The minimum Gasteiger partial charge on any atom is -0.496 e. The Balaban J connectivity index is 2.27. The van der Waals surface area contributed by atoms with Gasteiger partial charge in [0.25, 0.3) is 0 Å². The third-order valence-corrected chi connectivity index (χ3v) is 6.13. The molecule has 2 aromatic rings. The lowest BCUT2D eigenvalue weighted by Crippen LogP contribution is -2.48. The summed E-state index contributed by atoms with van der Waals surface area (Å²) < 4.78 is 27.3. The molecule has 0 aliphatic heterocycles. The van der Waals surface area contributed by atoms with Gasteiger partial charge >= 0.3 is 12.1 Å². The zero-order valence-corrected chi connectivity index (χ0v) is 25.3. The lowest BCUT2D eigenvalue weighted by atomic mass is 10.1. The number of rotatable bonds is 14. The molecule has 2 aromatic carbocycles. The predicted molar refractivity (Wildman–Crippen MR) is 154 cm³/mol. The van der Waals surface area contributed by atoms with Gasteiger partial charge in [0.1, 0.15) is 18.0 Å². The Kier molecular flexibility index (Phi) is 12.7. The van der Waals surface area contributed by atoms with Crippen molar-refractivity contribution in [3.05, 3.63) is 53.6 Å². The summed E-state index contributed by atoms with van der Waals surface area (Å²) in [5.74, 6) is 0.569. The van der Waals surface area contributed by atoms with Gasteiger partial charge in [0, 0.05) is 38.3 Å². The summed E-state index contributed by atoms with van der Waals surface area (Å²) in [5, 5.41) is 2.93. The Labute approximate surface area is 242 Å². The van der Waals surface area contributed by atoms with Gasteiger partial charge in [0.15, 0.2) is 11.5 Å². The quantitative estimate of drug-likeness (QED) is 0.338. The highest BCUT2D eigenvalue weighted by molar-refractivity contribution is 5.86. The van der Waals surface area contributed by atoms with Gasteiger partial charge in [-0.2, -0.15) is 0 Å². The molecule has 2 amide bonds. The highest BCUT2D eigenvalue weighted by atomic mass is 16.6. The molecule has 11 heteroatoms. The summed E-state index contributed by atoms with van der Waals surface area (Å²) in [6.45, 7) is 5.92. The van der Waals surface area contributed by atoms with E-state index in [1.165, 1.54) is 26.2 Å². The standard InChI is InChI=1S/C30H43N3O8/c1-30(2,3)41-29(36)32(5)14-15-33(19-22-16-25(38-7)26(39-8)18-24(22)37-6)28(35)23(31-4)17-27(34)40-20-21-12-10-9-11-13-21/h9-13,16,18,23,31H,14-15,17,19-20H2,1-8H3/t23-/m0/s1. The van der Waals surface area contributed by atoms with Crippen molar-refractivity contribution in [2.75, 3.05) is 48.5 Å². The second-order valence-electron chi connectivity index (χ2n) is 10.4. The number of carbonyl (C=O) groups excluding carboxylic acids is 3. The van der Waals surface area contributed by atoms with Crippen molar-refractivity contribution in [3.8, 4) is 17.2 Å². The number of benzene rings is 2. The molecule has 2 rings (SSSR count). The van der Waals surface area contributed by atoms with Gasteiger partial charge in [0.05, 0.1) is 33.8 Å². The number of nitrogens with zero attached hydrogens (tertiary/aromatic N) is 2. The van der Waals surface area contributed by atoms with Crippen LogP contribution in [-0.4, -0.2) is 87.9 Å². The lowest BCUT2D eigenvalue weighted by Gasteiger charge is -2.30. The van der Waals surface area contributed by atoms with Gasteiger partial charge < -0.3 is 38.8 Å². The fourth-order valence-corrected chi connectivity index (χ4v) is 3.89. The van der Waals surface area contributed by atoms with Crippen LogP contribution in [0.25, 0.3) is 0 Å². The molecule has 226 valence electrons. The number of ether oxygens (including phenoxy) is 5. The van der Waals surface area contributed by atoms with Crippen LogP contribution in [0.15, 0.2) is 42.5 Å². The SMILES string of the molecule is CN[C@@H](CC(=O)OCc1ccccc1)C(=O)N(CCN(C)C(=O)OC(C)(C)C)Cc1cc(OC)c(OC)cc1OC. The van der Waals surface area contributed by atoms with Crippen LogP contribution >= 0.6 is 0 Å². The molecule has 0 radical (unpaired) electrons. The van der Waals surface area contributed by atoms with E-state index >= 15 is 0 Å². The molecule has 0 saturated heterocycles. The fourth-order valence-electron chi connectivity index (χ4n) is 3.89. The number of hydrogen-bond acceptors (Lipinski definition) is 9. The number of likely N-dealkylation sites (N-methyl/N-ethyl adjacent to an activating group) is 2. The molecule has 11 nitrogen and oxygen atoms in total. The van der Waals surface area contributed by atoms with E-state index in [0.29, 0.717) is 22.8 Å². The topological polar surface area (TPSA) is 116 Å². The molecule has 41 heavy (non-hydrogen) atoms. The largest absolute Gasteiger partial charge is 0.496 e. The van der Waals surface area contributed by atoms with E-state index in [2.05, 4.69) is 5.32 Å². The minimum atomic E-state index is -0.865. The Morgan fingerprint density at radius 1 is 0.902 bits per heavy atom. The molecule has 0 bridgehead atoms. The maximum atomic E-state index is 13.8. The highest BCUT2D eigenvalue weighted by Gasteiger charge is 2.28.